The second kappa shape index (κ2) is 93.1. The maximum absolute atomic E-state index is 13.0. The average molecular weight is 1710 g/mol. The van der Waals surface area contributed by atoms with Gasteiger partial charge >= 0.3 is 33.6 Å². The molecule has 0 saturated heterocycles. The van der Waals surface area contributed by atoms with E-state index in [4.69, 9.17) is 32.3 Å². The molecule has 4 N–H and O–H groups in total. The summed E-state index contributed by atoms with van der Waals surface area (Å²) in [4.78, 5) is 59.0. The molecule has 0 aliphatic rings. The highest BCUT2D eigenvalue weighted by atomic mass is 31.2. The van der Waals surface area contributed by atoms with Crippen LogP contribution in [-0.4, -0.2) is 95.9 Å². The summed E-state index contributed by atoms with van der Waals surface area (Å²) in [6.07, 6.45) is 116. The second-order valence-electron chi connectivity index (χ2n) is 32.9. The Morgan fingerprint density at radius 2 is 0.420 bits per heavy atom. The van der Waals surface area contributed by atoms with E-state index >= 15 is 0 Å². The lowest BCUT2D eigenvalue weighted by atomic mass is 10.0. The maximum Gasteiger partial charge on any atom is 0.472 e. The number of phosphoric acid groups is 2. The number of esters is 3. The Morgan fingerprint density at radius 1 is 0.235 bits per heavy atom. The molecule has 0 rings (SSSR count). The largest absolute Gasteiger partial charge is 0.472 e. The van der Waals surface area contributed by atoms with E-state index in [1.54, 1.807) is 0 Å². The first-order chi connectivity index (χ1) is 58.2. The third kappa shape index (κ3) is 94.5. The molecule has 16 nitrogen and oxygen atoms in total. The third-order valence-electron chi connectivity index (χ3n) is 21.1. The highest BCUT2D eigenvalue weighted by Crippen LogP contribution is 2.45. The molecular formula is C101H180O16P2. The first kappa shape index (κ1) is 115. The molecule has 18 heteroatoms. The molecule has 0 amide bonds. The molecule has 0 aromatic rings. The van der Waals surface area contributed by atoms with Crippen molar-refractivity contribution < 1.29 is 75.8 Å². The Kier molecular flexibility index (Phi) is 89.9. The van der Waals surface area contributed by atoms with Crippen molar-refractivity contribution in [2.45, 2.75) is 463 Å². The number of unbranched alkanes of at least 4 members (excludes halogenated alkanes) is 50. The van der Waals surface area contributed by atoms with Crippen molar-refractivity contribution in [2.75, 3.05) is 39.6 Å². The van der Waals surface area contributed by atoms with Gasteiger partial charge in [-0.25, -0.2) is 9.13 Å². The van der Waals surface area contributed by atoms with E-state index in [9.17, 15) is 43.5 Å². The molecule has 0 fully saturated rings. The summed E-state index contributed by atoms with van der Waals surface area (Å²) in [6.45, 7) is 2.66. The van der Waals surface area contributed by atoms with Crippen LogP contribution in [-0.2, 0) is 55.8 Å². The van der Waals surface area contributed by atoms with Crippen LogP contribution in [0.5, 0.6) is 0 Å². The smallest absolute Gasteiger partial charge is 0.463 e. The van der Waals surface area contributed by atoms with E-state index in [0.717, 1.165) is 122 Å². The van der Waals surface area contributed by atoms with Gasteiger partial charge in [0.05, 0.1) is 26.4 Å². The van der Waals surface area contributed by atoms with Crippen molar-refractivity contribution in [3.05, 3.63) is 122 Å². The summed E-state index contributed by atoms with van der Waals surface area (Å²) in [5, 5.41) is 20.7. The van der Waals surface area contributed by atoms with E-state index < -0.39 is 91.5 Å². The fraction of sp³-hybridized carbons (Fsp3) is 0.772. The Balaban J connectivity index is 4.39. The zero-order valence-corrected chi connectivity index (χ0v) is 78.1. The van der Waals surface area contributed by atoms with Crippen LogP contribution in [0, 0.1) is 0 Å². The van der Waals surface area contributed by atoms with Gasteiger partial charge in [-0.05, 0) is 141 Å². The van der Waals surface area contributed by atoms with Gasteiger partial charge in [0.15, 0.2) is 6.10 Å². The van der Waals surface area contributed by atoms with Crippen molar-refractivity contribution in [2.24, 2.45) is 0 Å². The van der Waals surface area contributed by atoms with Gasteiger partial charge in [-0.3, -0.25) is 32.5 Å². The van der Waals surface area contributed by atoms with Crippen LogP contribution in [0.3, 0.4) is 0 Å². The molecule has 0 heterocycles. The SMILES string of the molecule is CCCCC/C=C\C/C=C\C/C=C\C/C=C\CCCCCCCCCCCCCCCCCCCCCC(=O)OCC(O)COP(=O)(O)OCC(O)COP(=O)(O)OCC(COC(=O)CCCCCCCCCCCCCCCCCCC/C=C\C/C=C\C/C=C\C/C=C\CCCCC)OC(=O)CCCCCCC/C=C\C/C=C\CCCCC. The number of allylic oxidation sites excluding steroid dienone is 20. The van der Waals surface area contributed by atoms with E-state index in [1.807, 2.05) is 0 Å². The molecule has 5 unspecified atom stereocenters. The van der Waals surface area contributed by atoms with Gasteiger partial charge in [0.25, 0.3) is 0 Å². The fourth-order valence-corrected chi connectivity index (χ4v) is 15.3. The van der Waals surface area contributed by atoms with Gasteiger partial charge in [0, 0.05) is 19.3 Å². The molecule has 0 aromatic carbocycles. The number of ether oxygens (including phenoxy) is 3. The Bertz CT molecular complexity index is 2640. The molecular weight excluding hydrogens is 1530 g/mol. The molecule has 0 bridgehead atoms. The lowest BCUT2D eigenvalue weighted by molar-refractivity contribution is -0.161. The predicted octanol–water partition coefficient (Wildman–Crippen LogP) is 30.3. The zero-order chi connectivity index (χ0) is 86.5. The van der Waals surface area contributed by atoms with Crippen molar-refractivity contribution in [1.82, 2.24) is 0 Å². The Hall–Kier alpha value is -4.05. The van der Waals surface area contributed by atoms with Gasteiger partial charge in [0.1, 0.15) is 25.4 Å². The first-order valence-electron chi connectivity index (χ1n) is 48.8. The van der Waals surface area contributed by atoms with E-state index in [-0.39, 0.29) is 19.3 Å². The van der Waals surface area contributed by atoms with E-state index in [1.165, 1.54) is 263 Å². The molecule has 0 saturated carbocycles. The van der Waals surface area contributed by atoms with Gasteiger partial charge in [-0.15, -0.1) is 0 Å². The minimum absolute atomic E-state index is 0.0901. The number of hydrogen-bond donors (Lipinski definition) is 4. The standard InChI is InChI=1S/C101H180O16P2/c1-4-7-10-13-16-19-22-25-28-30-32-34-36-38-40-42-44-46-47-49-51-52-54-56-58-60-62-64-67-69-72-75-78-81-84-87-99(104)111-90-96(102)91-113-118(107,108)114-92-97(103)93-115-119(109,110)116-95-98(117-101(106)89-86-83-80-77-74-71-66-27-24-21-18-15-12-9-6-3)94-112-100(105)88-85-82-79-76-73-70-68-65-63-61-59-57-55-53-50-48-45-43-41-39-37-35-33-31-29-26-23-20-17-14-11-8-5-2/h16-21,25-29,32-35,38-41,66,96-98,102-103H,4-15,22-24,30-31,36-37,42-65,67-95H2,1-3H3,(H,107,108)(H,109,110)/b19-16-,20-17-,21-18-,28-25-,29-26-,34-32-,35-33-,40-38-,41-39-,66-27-. The molecule has 5 atom stereocenters. The zero-order valence-electron chi connectivity index (χ0n) is 76.3. The first-order valence-corrected chi connectivity index (χ1v) is 51.8. The normalized spacial score (nSPS) is 14.2. The van der Waals surface area contributed by atoms with Crippen LogP contribution in [0.1, 0.15) is 445 Å². The van der Waals surface area contributed by atoms with Crippen molar-refractivity contribution >= 4 is 33.6 Å². The number of carbonyl (C=O) groups excluding carboxylic acids is 3. The summed E-state index contributed by atoms with van der Waals surface area (Å²) in [5.74, 6) is -1.57. The maximum atomic E-state index is 13.0. The summed E-state index contributed by atoms with van der Waals surface area (Å²) >= 11 is 0. The summed E-state index contributed by atoms with van der Waals surface area (Å²) in [6, 6.07) is 0. The summed E-state index contributed by atoms with van der Waals surface area (Å²) < 4.78 is 61.5. The van der Waals surface area contributed by atoms with Crippen molar-refractivity contribution in [1.29, 1.82) is 0 Å². The minimum atomic E-state index is -4.94. The lowest BCUT2D eigenvalue weighted by Crippen LogP contribution is -2.30. The third-order valence-corrected chi connectivity index (χ3v) is 23.0. The number of aliphatic hydroxyl groups is 2. The number of aliphatic hydroxyl groups excluding tert-OH is 2. The molecule has 0 aliphatic carbocycles. The van der Waals surface area contributed by atoms with Crippen LogP contribution in [0.25, 0.3) is 0 Å². The molecule has 0 aromatic heterocycles. The van der Waals surface area contributed by atoms with E-state index in [0.29, 0.717) is 19.3 Å². The van der Waals surface area contributed by atoms with E-state index in [2.05, 4.69) is 142 Å². The highest BCUT2D eigenvalue weighted by molar-refractivity contribution is 7.47. The van der Waals surface area contributed by atoms with Gasteiger partial charge in [0.2, 0.25) is 0 Å². The summed E-state index contributed by atoms with van der Waals surface area (Å²) in [7, 11) is -9.80. The predicted molar refractivity (Wildman–Crippen MR) is 500 cm³/mol. The Labute approximate surface area is 729 Å². The fourth-order valence-electron chi connectivity index (χ4n) is 13.7. The number of rotatable bonds is 93. The number of phosphoric ester groups is 2. The molecule has 119 heavy (non-hydrogen) atoms. The van der Waals surface area contributed by atoms with Crippen LogP contribution >= 0.6 is 15.6 Å². The number of carbonyl (C=O) groups is 3. The highest BCUT2D eigenvalue weighted by Gasteiger charge is 2.30. The molecule has 0 aliphatic heterocycles. The minimum Gasteiger partial charge on any atom is -0.463 e. The van der Waals surface area contributed by atoms with Crippen molar-refractivity contribution in [3.8, 4) is 0 Å². The quantitative estimate of drug-likeness (QED) is 0.0146. The topological polar surface area (TPSA) is 231 Å². The van der Waals surface area contributed by atoms with Gasteiger partial charge in [-0.2, -0.15) is 0 Å². The molecule has 0 radical (unpaired) electrons. The Morgan fingerprint density at radius 3 is 0.664 bits per heavy atom. The van der Waals surface area contributed by atoms with Crippen LogP contribution < -0.4 is 0 Å². The summed E-state index contributed by atoms with van der Waals surface area (Å²) in [5.41, 5.74) is 0. The molecule has 690 valence electrons. The molecule has 0 spiro atoms. The monoisotopic (exact) mass is 1710 g/mol. The van der Waals surface area contributed by atoms with Crippen LogP contribution in [0.15, 0.2) is 122 Å². The number of hydrogen-bond acceptors (Lipinski definition) is 14. The lowest BCUT2D eigenvalue weighted by Gasteiger charge is -2.21. The van der Waals surface area contributed by atoms with Crippen molar-refractivity contribution in [3.63, 3.8) is 0 Å². The average Bonchev–Trinajstić information content (AvgIpc) is 0.898. The second-order valence-corrected chi connectivity index (χ2v) is 35.8. The van der Waals surface area contributed by atoms with Crippen LogP contribution in [0.4, 0.5) is 0 Å². The van der Waals surface area contributed by atoms with Gasteiger partial charge < -0.3 is 34.2 Å². The van der Waals surface area contributed by atoms with Crippen LogP contribution in [0.2, 0.25) is 0 Å². The van der Waals surface area contributed by atoms with Gasteiger partial charge in [-0.1, -0.05) is 406 Å².